The summed E-state index contributed by atoms with van der Waals surface area (Å²) in [5.41, 5.74) is -0.171. The number of nitrogens with one attached hydrogen (secondary N) is 1. The van der Waals surface area contributed by atoms with Gasteiger partial charge in [-0.1, -0.05) is 30.9 Å². The van der Waals surface area contributed by atoms with Crippen molar-refractivity contribution in [1.82, 2.24) is 5.32 Å². The summed E-state index contributed by atoms with van der Waals surface area (Å²) in [6, 6.07) is 0. The zero-order valence-electron chi connectivity index (χ0n) is 11.1. The molecule has 0 saturated carbocycles. The molecule has 0 amide bonds. The van der Waals surface area contributed by atoms with Crippen molar-refractivity contribution in [1.29, 1.82) is 0 Å². The minimum atomic E-state index is -4.35. The fraction of sp³-hybridized carbons (Fsp3) is 0.286. The average Bonchev–Trinajstić information content (AvgIpc) is 2.49. The van der Waals surface area contributed by atoms with Crippen LogP contribution in [-0.4, -0.2) is 31.3 Å². The average molecular weight is 283 g/mol. The molecule has 20 heavy (non-hydrogen) atoms. The van der Waals surface area contributed by atoms with Gasteiger partial charge in [0.05, 0.1) is 12.1 Å². The van der Waals surface area contributed by atoms with Crippen LogP contribution < -0.4 is 5.32 Å². The second kappa shape index (κ2) is 7.47. The Morgan fingerprint density at radius 2 is 2.25 bits per heavy atom. The normalized spacial score (nSPS) is 21.4. The van der Waals surface area contributed by atoms with Crippen LogP contribution in [0.1, 0.15) is 6.92 Å². The zero-order chi connectivity index (χ0) is 15.0. The van der Waals surface area contributed by atoms with Crippen LogP contribution in [0.25, 0.3) is 0 Å². The summed E-state index contributed by atoms with van der Waals surface area (Å²) in [6.45, 7) is 5.77. The lowest BCUT2D eigenvalue weighted by Crippen LogP contribution is -2.26. The highest BCUT2D eigenvalue weighted by Crippen LogP contribution is 2.26. The van der Waals surface area contributed by atoms with Crippen molar-refractivity contribution in [2.24, 2.45) is 9.98 Å². The maximum Gasteiger partial charge on any atom is 0.416 e. The molecule has 0 aliphatic carbocycles. The first-order valence-electron chi connectivity index (χ1n) is 6.01. The zero-order valence-corrected chi connectivity index (χ0v) is 11.1. The topological polar surface area (TPSA) is 36.8 Å². The lowest BCUT2D eigenvalue weighted by Gasteiger charge is -2.09. The van der Waals surface area contributed by atoms with E-state index >= 15 is 0 Å². The first-order valence-corrected chi connectivity index (χ1v) is 6.01. The third kappa shape index (κ3) is 5.26. The maximum absolute atomic E-state index is 12.6. The van der Waals surface area contributed by atoms with Crippen LogP contribution in [0.15, 0.2) is 58.2 Å². The minimum absolute atomic E-state index is 0.0223. The smallest absolute Gasteiger partial charge is 0.366 e. The van der Waals surface area contributed by atoms with E-state index in [4.69, 9.17) is 0 Å². The van der Waals surface area contributed by atoms with Gasteiger partial charge >= 0.3 is 6.18 Å². The third-order valence-electron chi connectivity index (χ3n) is 2.34. The summed E-state index contributed by atoms with van der Waals surface area (Å²) in [7, 11) is 0. The quantitative estimate of drug-likeness (QED) is 0.793. The number of allylic oxidation sites excluding steroid dienone is 3. The molecule has 0 radical (unpaired) electrons. The number of rotatable bonds is 3. The molecule has 0 aromatic carbocycles. The largest absolute Gasteiger partial charge is 0.416 e. The van der Waals surface area contributed by atoms with Crippen molar-refractivity contribution in [3.63, 3.8) is 0 Å². The Morgan fingerprint density at radius 3 is 2.90 bits per heavy atom. The Balaban J connectivity index is 2.79. The molecule has 0 spiro atoms. The highest BCUT2D eigenvalue weighted by atomic mass is 19.4. The molecule has 1 heterocycles. The molecular weight excluding hydrogens is 267 g/mol. The van der Waals surface area contributed by atoms with Gasteiger partial charge in [-0.15, -0.1) is 0 Å². The molecule has 0 unspecified atom stereocenters. The predicted molar refractivity (Wildman–Crippen MR) is 76.0 cm³/mol. The molecule has 0 atom stereocenters. The predicted octanol–water partition coefficient (Wildman–Crippen LogP) is 3.19. The number of aliphatic imine (C=N–C) groups is 2. The molecular formula is C14H16F3N3. The van der Waals surface area contributed by atoms with Crippen LogP contribution in [0, 0.1) is 0 Å². The Labute approximate surface area is 116 Å². The monoisotopic (exact) mass is 283 g/mol. The van der Waals surface area contributed by atoms with Crippen LogP contribution in [0.3, 0.4) is 0 Å². The van der Waals surface area contributed by atoms with E-state index in [0.29, 0.717) is 11.4 Å². The maximum atomic E-state index is 12.6. The molecule has 0 fully saturated rings. The minimum Gasteiger partial charge on any atom is -0.366 e. The molecule has 1 aliphatic heterocycles. The third-order valence-corrected chi connectivity index (χ3v) is 2.34. The van der Waals surface area contributed by atoms with E-state index in [1.807, 2.05) is 6.92 Å². The Kier molecular flexibility index (Phi) is 5.96. The van der Waals surface area contributed by atoms with Crippen molar-refractivity contribution >= 4 is 12.1 Å². The van der Waals surface area contributed by atoms with Crippen molar-refractivity contribution in [2.45, 2.75) is 13.1 Å². The van der Waals surface area contributed by atoms with E-state index < -0.39 is 11.7 Å². The van der Waals surface area contributed by atoms with E-state index in [2.05, 4.69) is 21.9 Å². The second-order valence-corrected chi connectivity index (χ2v) is 3.92. The number of amidine groups is 1. The van der Waals surface area contributed by atoms with Gasteiger partial charge in [0.15, 0.2) is 0 Å². The molecule has 0 saturated heterocycles. The van der Waals surface area contributed by atoms with Gasteiger partial charge in [0, 0.05) is 24.5 Å². The van der Waals surface area contributed by atoms with E-state index in [0.717, 1.165) is 12.2 Å². The molecule has 1 rings (SSSR count). The van der Waals surface area contributed by atoms with Gasteiger partial charge in [0.1, 0.15) is 5.84 Å². The fourth-order valence-corrected chi connectivity index (χ4v) is 1.41. The Morgan fingerprint density at radius 1 is 1.50 bits per heavy atom. The molecule has 108 valence electrons. The van der Waals surface area contributed by atoms with Crippen molar-refractivity contribution in [3.8, 4) is 0 Å². The second-order valence-electron chi connectivity index (χ2n) is 3.92. The Hall–Kier alpha value is -2.11. The lowest BCUT2D eigenvalue weighted by atomic mass is 10.2. The summed E-state index contributed by atoms with van der Waals surface area (Å²) in [5.74, 6) is 0.433. The van der Waals surface area contributed by atoms with Crippen molar-refractivity contribution in [3.05, 3.63) is 48.2 Å². The molecule has 6 heteroatoms. The molecule has 0 bridgehead atoms. The summed E-state index contributed by atoms with van der Waals surface area (Å²) >= 11 is 0. The summed E-state index contributed by atoms with van der Waals surface area (Å²) in [4.78, 5) is 8.10. The fourth-order valence-electron chi connectivity index (χ4n) is 1.41. The van der Waals surface area contributed by atoms with Crippen LogP contribution in [-0.2, 0) is 0 Å². The molecule has 1 aliphatic rings. The van der Waals surface area contributed by atoms with Crippen LogP contribution in [0.5, 0.6) is 0 Å². The number of alkyl halides is 3. The van der Waals surface area contributed by atoms with Gasteiger partial charge in [0.25, 0.3) is 0 Å². The van der Waals surface area contributed by atoms with E-state index in [1.54, 1.807) is 12.3 Å². The first-order chi connectivity index (χ1) is 9.45. The SMILES string of the molecule is C=C(C=N/C=C\C)C1=NC/C=C\C(C(F)(F)F)=C/CN1. The number of halogens is 3. The van der Waals surface area contributed by atoms with Crippen LogP contribution in [0.4, 0.5) is 13.2 Å². The molecule has 0 aromatic rings. The standard InChI is InChI=1S/C14H16F3N3/c1-3-7-18-10-11(2)13-19-8-4-5-12(6-9-20-13)14(15,16)17/h3-7,10H,2,8-9H2,1H3,(H,19,20)/b5-4-,7-3-,12-6+,18-10?. The summed E-state index contributed by atoms with van der Waals surface area (Å²) in [6.07, 6.45) is 3.96. The molecule has 3 nitrogen and oxygen atoms in total. The number of hydrogen-bond donors (Lipinski definition) is 1. The van der Waals surface area contributed by atoms with Gasteiger partial charge in [0.2, 0.25) is 0 Å². The van der Waals surface area contributed by atoms with E-state index in [1.165, 1.54) is 12.3 Å². The van der Waals surface area contributed by atoms with Crippen molar-refractivity contribution in [2.75, 3.05) is 13.1 Å². The number of hydrogen-bond acceptors (Lipinski definition) is 3. The van der Waals surface area contributed by atoms with Crippen LogP contribution >= 0.6 is 0 Å². The van der Waals surface area contributed by atoms with Crippen LogP contribution in [0.2, 0.25) is 0 Å². The van der Waals surface area contributed by atoms with Gasteiger partial charge < -0.3 is 5.32 Å². The van der Waals surface area contributed by atoms with E-state index in [-0.39, 0.29) is 13.1 Å². The molecule has 0 aromatic heterocycles. The van der Waals surface area contributed by atoms with Gasteiger partial charge in [-0.25, -0.2) is 0 Å². The van der Waals surface area contributed by atoms with E-state index in [9.17, 15) is 13.2 Å². The van der Waals surface area contributed by atoms with Gasteiger partial charge in [-0.05, 0) is 6.92 Å². The summed E-state index contributed by atoms with van der Waals surface area (Å²) < 4.78 is 37.9. The molecule has 1 N–H and O–H groups in total. The summed E-state index contributed by atoms with van der Waals surface area (Å²) in [5, 5.41) is 2.81. The highest BCUT2D eigenvalue weighted by molar-refractivity contribution is 6.14. The van der Waals surface area contributed by atoms with Gasteiger partial charge in [-0.3, -0.25) is 9.98 Å². The Bertz CT molecular complexity index is 494. The lowest BCUT2D eigenvalue weighted by molar-refractivity contribution is -0.0883. The van der Waals surface area contributed by atoms with Crippen molar-refractivity contribution < 1.29 is 13.2 Å². The van der Waals surface area contributed by atoms with Gasteiger partial charge in [-0.2, -0.15) is 13.2 Å². The highest BCUT2D eigenvalue weighted by Gasteiger charge is 2.31. The first kappa shape index (κ1) is 15.9. The number of nitrogens with zero attached hydrogens (tertiary/aromatic N) is 2.